The maximum Gasteiger partial charge on any atom is 0.268 e. The monoisotopic (exact) mass is 400 g/mol. The van der Waals surface area contributed by atoms with Gasteiger partial charge in [0.2, 0.25) is 4.96 Å². The fraction of sp³-hybridized carbons (Fsp3) is 0.429. The number of hydrogen-bond donors (Lipinski definition) is 0. The average molecular weight is 400 g/mol. The highest BCUT2D eigenvalue weighted by Gasteiger charge is 2.51. The lowest BCUT2D eigenvalue weighted by Gasteiger charge is -2.45. The van der Waals surface area contributed by atoms with E-state index in [1.54, 1.807) is 11.3 Å². The van der Waals surface area contributed by atoms with Crippen LogP contribution < -0.4 is 0 Å². The van der Waals surface area contributed by atoms with E-state index < -0.39 is 0 Å². The van der Waals surface area contributed by atoms with E-state index in [2.05, 4.69) is 42.5 Å². The summed E-state index contributed by atoms with van der Waals surface area (Å²) in [7, 11) is 1.95. The van der Waals surface area contributed by atoms with E-state index in [1.807, 2.05) is 16.2 Å². The molecule has 1 aliphatic carbocycles. The molecule has 4 aromatic rings. The van der Waals surface area contributed by atoms with Crippen LogP contribution in [0.3, 0.4) is 0 Å². The van der Waals surface area contributed by atoms with Crippen molar-refractivity contribution in [3.05, 3.63) is 35.8 Å². The zero-order valence-electron chi connectivity index (χ0n) is 16.6. The van der Waals surface area contributed by atoms with Crippen LogP contribution in [0.25, 0.3) is 26.4 Å². The SMILES string of the molecule is Cc1cc(-c2nn3cc(C4CC5(CCB(C#N)C5)C4)nc3s2)cc2cn(C)nc12. The Bertz CT molecular complexity index is 1270. The molecule has 1 saturated heterocycles. The minimum Gasteiger partial charge on any atom is -0.275 e. The lowest BCUT2D eigenvalue weighted by molar-refractivity contribution is 0.128. The first-order valence-corrected chi connectivity index (χ1v) is 11.0. The van der Waals surface area contributed by atoms with Crippen molar-refractivity contribution in [1.82, 2.24) is 24.4 Å². The molecular weight excluding hydrogens is 379 g/mol. The van der Waals surface area contributed by atoms with Gasteiger partial charge in [-0.3, -0.25) is 4.68 Å². The Morgan fingerprint density at radius 1 is 1.28 bits per heavy atom. The molecule has 1 spiro atoms. The highest BCUT2D eigenvalue weighted by Crippen LogP contribution is 2.59. The molecular formula is C21H21BN6S. The Morgan fingerprint density at radius 2 is 2.14 bits per heavy atom. The molecule has 0 amide bonds. The van der Waals surface area contributed by atoms with Crippen LogP contribution in [0.4, 0.5) is 0 Å². The molecule has 0 unspecified atom stereocenters. The van der Waals surface area contributed by atoms with E-state index in [0.717, 1.165) is 39.1 Å². The van der Waals surface area contributed by atoms with Crippen molar-refractivity contribution in [2.75, 3.05) is 0 Å². The van der Waals surface area contributed by atoms with Gasteiger partial charge in [0, 0.05) is 36.1 Å². The third kappa shape index (κ3) is 2.64. The zero-order chi connectivity index (χ0) is 19.8. The standard InChI is InChI=1S/C21H21BN6S/c1-13-5-14(6-15-9-27(2)25-18(13)15)19-26-28-10-17(24-20(28)29-19)16-7-21(8-16)3-4-22(11-21)12-23/h5-6,9-10,16H,3-4,7-8,11H2,1-2H3. The van der Waals surface area contributed by atoms with Gasteiger partial charge in [-0.15, -0.1) is 0 Å². The van der Waals surface area contributed by atoms with Crippen LogP contribution in [0.2, 0.25) is 12.6 Å². The molecule has 4 heterocycles. The zero-order valence-corrected chi connectivity index (χ0v) is 17.4. The molecule has 144 valence electrons. The molecule has 6 rings (SSSR count). The molecule has 2 fully saturated rings. The van der Waals surface area contributed by atoms with Gasteiger partial charge < -0.3 is 0 Å². The van der Waals surface area contributed by atoms with E-state index in [0.29, 0.717) is 11.3 Å². The number of fused-ring (bicyclic) bond motifs is 2. The summed E-state index contributed by atoms with van der Waals surface area (Å²) < 4.78 is 3.80. The van der Waals surface area contributed by atoms with E-state index >= 15 is 0 Å². The molecule has 0 bridgehead atoms. The number of benzene rings is 1. The predicted octanol–water partition coefficient (Wildman–Crippen LogP) is 4.48. The lowest BCUT2D eigenvalue weighted by atomic mass is 9.46. The summed E-state index contributed by atoms with van der Waals surface area (Å²) in [5.41, 5.74) is 4.91. The third-order valence-electron chi connectivity index (χ3n) is 6.88. The van der Waals surface area contributed by atoms with E-state index in [4.69, 9.17) is 10.1 Å². The number of rotatable bonds is 2. The van der Waals surface area contributed by atoms with Gasteiger partial charge in [-0.2, -0.15) is 10.2 Å². The first-order chi connectivity index (χ1) is 14.0. The lowest BCUT2D eigenvalue weighted by Crippen LogP contribution is -2.33. The summed E-state index contributed by atoms with van der Waals surface area (Å²) >= 11 is 1.65. The smallest absolute Gasteiger partial charge is 0.268 e. The minimum atomic E-state index is 0.270. The summed E-state index contributed by atoms with van der Waals surface area (Å²) in [6.45, 7) is 2.37. The summed E-state index contributed by atoms with van der Waals surface area (Å²) in [6.07, 6.45) is 9.89. The summed E-state index contributed by atoms with van der Waals surface area (Å²) in [5, 5.41) is 20.7. The summed E-state index contributed by atoms with van der Waals surface area (Å²) in [4.78, 5) is 5.86. The average Bonchev–Trinajstić information content (AvgIpc) is 3.40. The molecule has 1 aliphatic heterocycles. The van der Waals surface area contributed by atoms with Crippen molar-refractivity contribution in [3.63, 3.8) is 0 Å². The second kappa shape index (κ2) is 5.93. The number of nitriles is 1. The Kier molecular flexibility index (Phi) is 3.52. The number of hydrogen-bond acceptors (Lipinski definition) is 5. The van der Waals surface area contributed by atoms with Crippen molar-refractivity contribution in [1.29, 1.82) is 5.26 Å². The maximum absolute atomic E-state index is 9.19. The highest BCUT2D eigenvalue weighted by molar-refractivity contribution is 7.19. The topological polar surface area (TPSA) is 71.8 Å². The van der Waals surface area contributed by atoms with Gasteiger partial charge >= 0.3 is 0 Å². The molecule has 2 aliphatic rings. The van der Waals surface area contributed by atoms with E-state index in [-0.39, 0.29) is 6.71 Å². The highest BCUT2D eigenvalue weighted by atomic mass is 32.1. The van der Waals surface area contributed by atoms with Crippen LogP contribution in [-0.2, 0) is 7.05 Å². The van der Waals surface area contributed by atoms with Gasteiger partial charge in [0.15, 0.2) is 0 Å². The number of imidazole rings is 1. The molecule has 6 nitrogen and oxygen atoms in total. The van der Waals surface area contributed by atoms with Crippen LogP contribution in [0.1, 0.15) is 36.4 Å². The maximum atomic E-state index is 9.19. The van der Waals surface area contributed by atoms with Crippen LogP contribution in [0.5, 0.6) is 0 Å². The summed E-state index contributed by atoms with van der Waals surface area (Å²) in [6, 6.07) is 4.33. The molecule has 29 heavy (non-hydrogen) atoms. The first-order valence-electron chi connectivity index (χ1n) is 10.2. The van der Waals surface area contributed by atoms with Gasteiger partial charge in [0.05, 0.1) is 17.4 Å². The van der Waals surface area contributed by atoms with Gasteiger partial charge in [-0.25, -0.2) is 14.8 Å². The number of aryl methyl sites for hydroxylation is 2. The third-order valence-corrected chi connectivity index (χ3v) is 7.86. The van der Waals surface area contributed by atoms with E-state index in [9.17, 15) is 5.26 Å². The Morgan fingerprint density at radius 3 is 2.90 bits per heavy atom. The van der Waals surface area contributed by atoms with Gasteiger partial charge in [0.25, 0.3) is 6.71 Å². The predicted molar refractivity (Wildman–Crippen MR) is 115 cm³/mol. The van der Waals surface area contributed by atoms with E-state index in [1.165, 1.54) is 30.5 Å². The Hall–Kier alpha value is -2.66. The van der Waals surface area contributed by atoms with Crippen molar-refractivity contribution in [2.24, 2.45) is 12.5 Å². The molecule has 3 aromatic heterocycles. The van der Waals surface area contributed by atoms with Gasteiger partial charge in [-0.1, -0.05) is 30.4 Å². The molecule has 1 aromatic carbocycles. The molecule has 0 N–H and O–H groups in total. The number of nitrogens with zero attached hydrogens (tertiary/aromatic N) is 6. The fourth-order valence-electron chi connectivity index (χ4n) is 5.47. The molecule has 0 atom stereocenters. The fourth-order valence-corrected chi connectivity index (χ4v) is 6.34. The van der Waals surface area contributed by atoms with Crippen molar-refractivity contribution >= 4 is 33.9 Å². The van der Waals surface area contributed by atoms with Crippen LogP contribution in [-0.4, -0.2) is 31.1 Å². The van der Waals surface area contributed by atoms with Gasteiger partial charge in [-0.05, 0) is 42.9 Å². The summed E-state index contributed by atoms with van der Waals surface area (Å²) in [5.74, 6) is 2.99. The minimum absolute atomic E-state index is 0.270. The first kappa shape index (κ1) is 17.2. The van der Waals surface area contributed by atoms with Crippen molar-refractivity contribution in [3.8, 4) is 16.5 Å². The molecule has 0 radical (unpaired) electrons. The Labute approximate surface area is 173 Å². The quantitative estimate of drug-likeness (QED) is 0.465. The second-order valence-electron chi connectivity index (χ2n) is 9.01. The van der Waals surface area contributed by atoms with Crippen molar-refractivity contribution in [2.45, 2.75) is 44.7 Å². The normalized spacial score (nSPS) is 23.9. The van der Waals surface area contributed by atoms with Crippen LogP contribution in [0.15, 0.2) is 24.5 Å². The largest absolute Gasteiger partial charge is 0.275 e. The molecule has 8 heteroatoms. The van der Waals surface area contributed by atoms with Crippen LogP contribution >= 0.6 is 11.3 Å². The number of aromatic nitrogens is 5. The van der Waals surface area contributed by atoms with Gasteiger partial charge in [0.1, 0.15) is 5.01 Å². The second-order valence-corrected chi connectivity index (χ2v) is 9.96. The Balaban J connectivity index is 1.26. The molecule has 1 saturated carbocycles. The van der Waals surface area contributed by atoms with Crippen molar-refractivity contribution < 1.29 is 0 Å². The van der Waals surface area contributed by atoms with Crippen LogP contribution in [0, 0.1) is 23.6 Å².